The highest BCUT2D eigenvalue weighted by Gasteiger charge is 2.32. The lowest BCUT2D eigenvalue weighted by molar-refractivity contribution is -0.137. The van der Waals surface area contributed by atoms with Crippen molar-refractivity contribution in [2.24, 2.45) is 29.2 Å². The molecule has 0 saturated carbocycles. The molecular weight excluding hydrogens is 544 g/mol. The Morgan fingerprint density at radius 2 is 1.33 bits per heavy atom. The highest BCUT2D eigenvalue weighted by Crippen LogP contribution is 2.18. The molecule has 0 radical (unpaired) electrons. The Kier molecular flexibility index (Phi) is 16.1. The van der Waals surface area contributed by atoms with Gasteiger partial charge in [0, 0.05) is 18.8 Å². The van der Waals surface area contributed by atoms with Gasteiger partial charge < -0.3 is 32.5 Å². The van der Waals surface area contributed by atoms with E-state index in [1.54, 1.807) is 12.1 Å². The fourth-order valence-corrected chi connectivity index (χ4v) is 4.51. The Balaban J connectivity index is 3.22. The van der Waals surface area contributed by atoms with Gasteiger partial charge in [-0.05, 0) is 68.2 Å². The molecule has 42 heavy (non-hydrogen) atoms. The molecule has 1 aromatic rings. The van der Waals surface area contributed by atoms with Crippen LogP contribution in [-0.4, -0.2) is 64.5 Å². The van der Waals surface area contributed by atoms with Crippen LogP contribution in [0.4, 0.5) is 0 Å². The number of hydrogen-bond donors (Lipinski definition) is 8. The molecule has 13 nitrogen and oxygen atoms in total. The van der Waals surface area contributed by atoms with E-state index in [9.17, 15) is 29.1 Å². The summed E-state index contributed by atoms with van der Waals surface area (Å²) in [7, 11) is 0. The van der Waals surface area contributed by atoms with Crippen LogP contribution in [0.15, 0.2) is 24.3 Å². The van der Waals surface area contributed by atoms with Crippen LogP contribution in [0.1, 0.15) is 71.8 Å². The topological polar surface area (TPSA) is 226 Å². The van der Waals surface area contributed by atoms with Crippen LogP contribution >= 0.6 is 0 Å². The molecule has 0 aromatic heterocycles. The van der Waals surface area contributed by atoms with Crippen molar-refractivity contribution in [1.29, 1.82) is 0 Å². The number of hydroxylamine groups is 1. The summed E-state index contributed by atoms with van der Waals surface area (Å²) in [5, 5.41) is 26.7. The molecule has 0 bridgehead atoms. The SMILES string of the molecule is CC(C)C[C@H](CC(=O)NO)C(=O)N[C@@H](CC(C)C)C(=O)N[C@@H](Cc1ccc(O)cc1)C(=O)N[C@@H](CCCCN)C(N)=O. The molecule has 0 aliphatic rings. The van der Waals surface area contributed by atoms with Gasteiger partial charge in [0.25, 0.3) is 0 Å². The second-order valence-corrected chi connectivity index (χ2v) is 11.4. The summed E-state index contributed by atoms with van der Waals surface area (Å²) in [5.41, 5.74) is 13.2. The van der Waals surface area contributed by atoms with E-state index in [-0.39, 0.29) is 43.3 Å². The van der Waals surface area contributed by atoms with Gasteiger partial charge in [0.15, 0.2) is 0 Å². The van der Waals surface area contributed by atoms with Gasteiger partial charge in [-0.2, -0.15) is 0 Å². The van der Waals surface area contributed by atoms with E-state index in [2.05, 4.69) is 16.0 Å². The third kappa shape index (κ3) is 13.8. The number of phenols is 1. The quantitative estimate of drug-likeness (QED) is 0.0643. The smallest absolute Gasteiger partial charge is 0.244 e. The van der Waals surface area contributed by atoms with E-state index < -0.39 is 53.6 Å². The van der Waals surface area contributed by atoms with Gasteiger partial charge in [-0.15, -0.1) is 0 Å². The minimum Gasteiger partial charge on any atom is -0.508 e. The van der Waals surface area contributed by atoms with Crippen molar-refractivity contribution in [3.05, 3.63) is 29.8 Å². The maximum atomic E-state index is 13.6. The summed E-state index contributed by atoms with van der Waals surface area (Å²) in [4.78, 5) is 64.0. The molecule has 0 fully saturated rings. The van der Waals surface area contributed by atoms with Crippen LogP contribution in [-0.2, 0) is 30.4 Å². The summed E-state index contributed by atoms with van der Waals surface area (Å²) >= 11 is 0. The monoisotopic (exact) mass is 592 g/mol. The predicted molar refractivity (Wildman–Crippen MR) is 157 cm³/mol. The molecule has 0 aliphatic carbocycles. The molecular formula is C29H48N6O7. The minimum absolute atomic E-state index is 0.0171. The second-order valence-electron chi connectivity index (χ2n) is 11.4. The number of carbonyl (C=O) groups is 5. The molecule has 10 N–H and O–H groups in total. The van der Waals surface area contributed by atoms with Crippen LogP contribution in [0, 0.1) is 17.8 Å². The van der Waals surface area contributed by atoms with Gasteiger partial charge in [-0.3, -0.25) is 29.2 Å². The molecule has 13 heteroatoms. The molecule has 0 spiro atoms. The van der Waals surface area contributed by atoms with Crippen molar-refractivity contribution in [2.75, 3.05) is 6.54 Å². The second kappa shape index (κ2) is 18.7. The molecule has 5 amide bonds. The number of primary amides is 1. The normalized spacial score (nSPS) is 14.0. The summed E-state index contributed by atoms with van der Waals surface area (Å²) in [5.74, 6) is -3.94. The first-order chi connectivity index (χ1) is 19.8. The van der Waals surface area contributed by atoms with Crippen LogP contribution in [0.5, 0.6) is 5.75 Å². The number of phenolic OH excluding ortho intramolecular Hbond substituents is 1. The number of benzene rings is 1. The van der Waals surface area contributed by atoms with Crippen LogP contribution in [0.2, 0.25) is 0 Å². The van der Waals surface area contributed by atoms with Gasteiger partial charge in [0.1, 0.15) is 23.9 Å². The number of rotatable bonds is 19. The molecule has 0 heterocycles. The van der Waals surface area contributed by atoms with Crippen molar-refractivity contribution >= 4 is 29.5 Å². The number of amides is 5. The highest BCUT2D eigenvalue weighted by atomic mass is 16.5. The van der Waals surface area contributed by atoms with Crippen LogP contribution in [0.25, 0.3) is 0 Å². The first-order valence-electron chi connectivity index (χ1n) is 14.4. The number of carbonyl (C=O) groups excluding carboxylic acids is 5. The number of nitrogens with two attached hydrogens (primary N) is 2. The molecule has 1 aromatic carbocycles. The van der Waals surface area contributed by atoms with E-state index in [4.69, 9.17) is 16.7 Å². The van der Waals surface area contributed by atoms with E-state index in [1.807, 2.05) is 27.7 Å². The zero-order valence-corrected chi connectivity index (χ0v) is 25.0. The van der Waals surface area contributed by atoms with Gasteiger partial charge in [0.2, 0.25) is 29.5 Å². The maximum Gasteiger partial charge on any atom is 0.244 e. The minimum atomic E-state index is -1.14. The standard InChI is InChI=1S/C29H48N6O7/c1-17(2)13-20(16-25(37)35-42)27(39)33-23(14-18(3)4)28(40)34-24(15-19-8-10-21(36)11-9-19)29(41)32-22(26(31)38)7-5-6-12-30/h8-11,17-18,20,22-24,36,42H,5-7,12-16,30H2,1-4H3,(H2,31,38)(H,32,41)(H,33,39)(H,34,40)(H,35,37)/t20-,22+,23+,24+/m1/s1. The Bertz CT molecular complexity index is 1030. The lowest BCUT2D eigenvalue weighted by atomic mass is 9.92. The number of aromatic hydroxyl groups is 1. The highest BCUT2D eigenvalue weighted by molar-refractivity contribution is 5.95. The maximum absolute atomic E-state index is 13.6. The third-order valence-corrected chi connectivity index (χ3v) is 6.64. The molecule has 0 saturated heterocycles. The third-order valence-electron chi connectivity index (χ3n) is 6.64. The van der Waals surface area contributed by atoms with E-state index >= 15 is 0 Å². The van der Waals surface area contributed by atoms with E-state index in [0.29, 0.717) is 31.4 Å². The lowest BCUT2D eigenvalue weighted by Crippen LogP contribution is -2.57. The fraction of sp³-hybridized carbons (Fsp3) is 0.621. The Morgan fingerprint density at radius 1 is 0.786 bits per heavy atom. The number of nitrogens with one attached hydrogen (secondary N) is 4. The average molecular weight is 593 g/mol. The summed E-state index contributed by atoms with van der Waals surface area (Å²) in [6.45, 7) is 7.94. The van der Waals surface area contributed by atoms with Gasteiger partial charge in [-0.25, -0.2) is 5.48 Å². The van der Waals surface area contributed by atoms with Gasteiger partial charge in [-0.1, -0.05) is 39.8 Å². The predicted octanol–water partition coefficient (Wildman–Crippen LogP) is 0.607. The van der Waals surface area contributed by atoms with Crippen molar-refractivity contribution < 1.29 is 34.3 Å². The summed E-state index contributed by atoms with van der Waals surface area (Å²) in [6, 6.07) is 2.96. The fourth-order valence-electron chi connectivity index (χ4n) is 4.51. The van der Waals surface area contributed by atoms with Crippen molar-refractivity contribution in [3.8, 4) is 5.75 Å². The molecule has 1 rings (SSSR count). The summed E-state index contributed by atoms with van der Waals surface area (Å²) in [6.07, 6.45) is 1.84. The molecule has 236 valence electrons. The summed E-state index contributed by atoms with van der Waals surface area (Å²) < 4.78 is 0. The Labute approximate surface area is 247 Å². The number of hydrogen-bond acceptors (Lipinski definition) is 8. The molecule has 4 atom stereocenters. The average Bonchev–Trinajstić information content (AvgIpc) is 2.91. The first-order valence-corrected chi connectivity index (χ1v) is 14.4. The Hall–Kier alpha value is -3.71. The van der Waals surface area contributed by atoms with E-state index in [0.717, 1.165) is 0 Å². The van der Waals surface area contributed by atoms with E-state index in [1.165, 1.54) is 17.6 Å². The van der Waals surface area contributed by atoms with Crippen molar-refractivity contribution in [2.45, 2.75) is 90.8 Å². The first kappa shape index (κ1) is 36.3. The van der Waals surface area contributed by atoms with Crippen molar-refractivity contribution in [1.82, 2.24) is 21.4 Å². The molecule has 0 unspecified atom stereocenters. The lowest BCUT2D eigenvalue weighted by Gasteiger charge is -2.27. The van der Waals surface area contributed by atoms with Crippen LogP contribution in [0.3, 0.4) is 0 Å². The van der Waals surface area contributed by atoms with Gasteiger partial charge in [0.05, 0.1) is 0 Å². The molecule has 0 aliphatic heterocycles. The largest absolute Gasteiger partial charge is 0.508 e. The zero-order chi connectivity index (χ0) is 31.8. The Morgan fingerprint density at radius 3 is 1.86 bits per heavy atom. The van der Waals surface area contributed by atoms with Crippen molar-refractivity contribution in [3.63, 3.8) is 0 Å². The van der Waals surface area contributed by atoms with Gasteiger partial charge >= 0.3 is 0 Å². The zero-order valence-electron chi connectivity index (χ0n) is 25.0. The van der Waals surface area contributed by atoms with Crippen LogP contribution < -0.4 is 32.9 Å². The number of unbranched alkanes of at least 4 members (excludes halogenated alkanes) is 1.